The Kier molecular flexibility index (Phi) is 7.43. The first-order chi connectivity index (χ1) is 14.5. The van der Waals surface area contributed by atoms with Crippen molar-refractivity contribution in [1.29, 1.82) is 0 Å². The van der Waals surface area contributed by atoms with Crippen LogP contribution in [0.15, 0.2) is 18.2 Å². The zero-order chi connectivity index (χ0) is 21.7. The quantitative estimate of drug-likeness (QED) is 0.490. The van der Waals surface area contributed by atoms with Gasteiger partial charge in [-0.3, -0.25) is 4.79 Å². The van der Waals surface area contributed by atoms with Gasteiger partial charge in [0.05, 0.1) is 34.7 Å². The fourth-order valence-electron chi connectivity index (χ4n) is 2.86. The van der Waals surface area contributed by atoms with E-state index in [1.807, 2.05) is 6.92 Å². The summed E-state index contributed by atoms with van der Waals surface area (Å²) in [5.41, 5.74) is 1.20. The van der Waals surface area contributed by atoms with Crippen molar-refractivity contribution in [2.75, 3.05) is 39.9 Å². The molecule has 1 aromatic carbocycles. The molecule has 2 aromatic heterocycles. The molecule has 0 aliphatic carbocycles. The minimum Gasteiger partial charge on any atom is -0.487 e. The molecule has 0 unspecified atom stereocenters. The Morgan fingerprint density at radius 3 is 2.67 bits per heavy atom. The SMILES string of the molecule is COCCOc1c(Cl)cccc1NC(=O)c1sc2nc(COC)nc(OC)c2c1C. The van der Waals surface area contributed by atoms with Crippen LogP contribution in [0.3, 0.4) is 0 Å². The first-order valence-electron chi connectivity index (χ1n) is 9.04. The molecule has 0 spiro atoms. The standard InChI is InChI=1S/C20H22ClN3O5S/c1-11-15-19(28-4)23-14(10-27-3)24-20(15)30-17(11)18(25)22-13-7-5-6-12(21)16(13)29-9-8-26-2/h5-7H,8-10H2,1-4H3,(H,22,25). The second kappa shape index (κ2) is 10.0. The number of carbonyl (C=O) groups is 1. The minimum absolute atomic E-state index is 0.246. The van der Waals surface area contributed by atoms with Crippen molar-refractivity contribution in [2.45, 2.75) is 13.5 Å². The van der Waals surface area contributed by atoms with E-state index in [0.29, 0.717) is 56.5 Å². The molecule has 1 N–H and O–H groups in total. The highest BCUT2D eigenvalue weighted by atomic mass is 35.5. The summed E-state index contributed by atoms with van der Waals surface area (Å²) in [7, 11) is 4.68. The number of benzene rings is 1. The number of thiophene rings is 1. The maximum Gasteiger partial charge on any atom is 0.266 e. The third-order valence-corrected chi connectivity index (χ3v) is 5.71. The van der Waals surface area contributed by atoms with Gasteiger partial charge in [0.1, 0.15) is 18.0 Å². The van der Waals surface area contributed by atoms with Gasteiger partial charge >= 0.3 is 0 Å². The summed E-state index contributed by atoms with van der Waals surface area (Å²) in [5.74, 6) is 0.984. The van der Waals surface area contributed by atoms with Gasteiger partial charge in [-0.2, -0.15) is 4.98 Å². The number of aryl methyl sites for hydroxylation is 1. The van der Waals surface area contributed by atoms with Gasteiger partial charge in [0.15, 0.2) is 11.6 Å². The van der Waals surface area contributed by atoms with E-state index in [4.69, 9.17) is 30.5 Å². The Morgan fingerprint density at radius 2 is 1.97 bits per heavy atom. The number of halogens is 1. The summed E-state index contributed by atoms with van der Waals surface area (Å²) in [6.07, 6.45) is 0. The third-order valence-electron chi connectivity index (χ3n) is 4.23. The molecule has 3 aromatic rings. The number of amides is 1. The predicted molar refractivity (Wildman–Crippen MR) is 116 cm³/mol. The second-order valence-corrected chi connectivity index (χ2v) is 7.64. The number of carbonyl (C=O) groups excluding carboxylic acids is 1. The van der Waals surface area contributed by atoms with Crippen molar-refractivity contribution < 1.29 is 23.7 Å². The number of nitrogens with one attached hydrogen (secondary N) is 1. The Hall–Kier alpha value is -2.46. The highest BCUT2D eigenvalue weighted by Crippen LogP contribution is 2.37. The summed E-state index contributed by atoms with van der Waals surface area (Å²) >= 11 is 7.52. The predicted octanol–water partition coefficient (Wildman–Crippen LogP) is 4.09. The first-order valence-corrected chi connectivity index (χ1v) is 10.2. The number of methoxy groups -OCH3 is 3. The number of aromatic nitrogens is 2. The smallest absolute Gasteiger partial charge is 0.266 e. The van der Waals surface area contributed by atoms with Gasteiger partial charge in [0, 0.05) is 14.2 Å². The van der Waals surface area contributed by atoms with Crippen LogP contribution in [0.5, 0.6) is 11.6 Å². The molecule has 0 aliphatic rings. The molecule has 0 bridgehead atoms. The Labute approximate surface area is 183 Å². The maximum absolute atomic E-state index is 13.1. The fraction of sp³-hybridized carbons (Fsp3) is 0.350. The average molecular weight is 452 g/mol. The van der Waals surface area contributed by atoms with Crippen LogP contribution < -0.4 is 14.8 Å². The second-order valence-electron chi connectivity index (χ2n) is 6.23. The molecule has 1 amide bonds. The topological polar surface area (TPSA) is 91.8 Å². The van der Waals surface area contributed by atoms with Crippen LogP contribution in [0.4, 0.5) is 5.69 Å². The van der Waals surface area contributed by atoms with E-state index >= 15 is 0 Å². The van der Waals surface area contributed by atoms with Crippen LogP contribution in [0.2, 0.25) is 5.02 Å². The number of hydrogen-bond donors (Lipinski definition) is 1. The Balaban J connectivity index is 1.94. The summed E-state index contributed by atoms with van der Waals surface area (Å²) in [5, 5.41) is 3.98. The van der Waals surface area contributed by atoms with E-state index in [-0.39, 0.29) is 12.5 Å². The average Bonchev–Trinajstić information content (AvgIpc) is 3.06. The van der Waals surface area contributed by atoms with Crippen molar-refractivity contribution >= 4 is 44.7 Å². The van der Waals surface area contributed by atoms with Crippen LogP contribution in [0.1, 0.15) is 21.1 Å². The van der Waals surface area contributed by atoms with E-state index in [1.165, 1.54) is 18.4 Å². The lowest BCUT2D eigenvalue weighted by atomic mass is 10.2. The Morgan fingerprint density at radius 1 is 1.17 bits per heavy atom. The number of hydrogen-bond acceptors (Lipinski definition) is 8. The monoisotopic (exact) mass is 451 g/mol. The Bertz CT molecular complexity index is 1060. The molecule has 0 atom stereocenters. The molecule has 30 heavy (non-hydrogen) atoms. The molecule has 0 saturated carbocycles. The molecule has 160 valence electrons. The lowest BCUT2D eigenvalue weighted by Gasteiger charge is -2.13. The molecular formula is C20H22ClN3O5S. The van der Waals surface area contributed by atoms with Crippen molar-refractivity contribution in [3.63, 3.8) is 0 Å². The van der Waals surface area contributed by atoms with Crippen molar-refractivity contribution in [3.05, 3.63) is 39.5 Å². The third kappa shape index (κ3) is 4.65. The molecule has 0 radical (unpaired) electrons. The lowest BCUT2D eigenvalue weighted by Crippen LogP contribution is -2.13. The number of ether oxygens (including phenoxy) is 4. The van der Waals surface area contributed by atoms with Crippen molar-refractivity contribution in [2.24, 2.45) is 0 Å². The summed E-state index contributed by atoms with van der Waals surface area (Å²) < 4.78 is 21.2. The zero-order valence-corrected chi connectivity index (χ0v) is 18.6. The van der Waals surface area contributed by atoms with Crippen LogP contribution in [-0.4, -0.2) is 50.4 Å². The van der Waals surface area contributed by atoms with Crippen LogP contribution >= 0.6 is 22.9 Å². The van der Waals surface area contributed by atoms with E-state index in [0.717, 1.165) is 5.56 Å². The largest absolute Gasteiger partial charge is 0.487 e. The molecular weight excluding hydrogens is 430 g/mol. The van der Waals surface area contributed by atoms with Gasteiger partial charge in [0.25, 0.3) is 5.91 Å². The van der Waals surface area contributed by atoms with Gasteiger partial charge in [-0.1, -0.05) is 17.7 Å². The molecule has 0 fully saturated rings. The van der Waals surface area contributed by atoms with Crippen LogP contribution in [0, 0.1) is 6.92 Å². The molecule has 10 heteroatoms. The van der Waals surface area contributed by atoms with E-state index in [9.17, 15) is 4.79 Å². The van der Waals surface area contributed by atoms with E-state index in [1.54, 1.807) is 32.4 Å². The number of rotatable bonds is 9. The van der Waals surface area contributed by atoms with Crippen molar-refractivity contribution in [1.82, 2.24) is 9.97 Å². The zero-order valence-electron chi connectivity index (χ0n) is 17.1. The van der Waals surface area contributed by atoms with E-state index in [2.05, 4.69) is 15.3 Å². The summed E-state index contributed by atoms with van der Waals surface area (Å²) in [4.78, 5) is 23.1. The van der Waals surface area contributed by atoms with E-state index < -0.39 is 0 Å². The van der Waals surface area contributed by atoms with Crippen molar-refractivity contribution in [3.8, 4) is 11.6 Å². The molecule has 3 rings (SSSR count). The number of para-hydroxylation sites is 1. The van der Waals surface area contributed by atoms with Gasteiger partial charge in [-0.05, 0) is 24.6 Å². The maximum atomic E-state index is 13.1. The highest BCUT2D eigenvalue weighted by molar-refractivity contribution is 7.20. The molecule has 0 saturated heterocycles. The van der Waals surface area contributed by atoms with Gasteiger partial charge in [-0.15, -0.1) is 11.3 Å². The molecule has 0 aliphatic heterocycles. The van der Waals surface area contributed by atoms with Gasteiger partial charge in [0.2, 0.25) is 5.88 Å². The van der Waals surface area contributed by atoms with Crippen LogP contribution in [-0.2, 0) is 16.1 Å². The minimum atomic E-state index is -0.301. The number of fused-ring (bicyclic) bond motifs is 1. The highest BCUT2D eigenvalue weighted by Gasteiger charge is 2.22. The molecule has 2 heterocycles. The fourth-order valence-corrected chi connectivity index (χ4v) is 4.18. The van der Waals surface area contributed by atoms with Gasteiger partial charge in [-0.25, -0.2) is 4.98 Å². The van der Waals surface area contributed by atoms with Crippen LogP contribution in [0.25, 0.3) is 10.2 Å². The molecule has 8 nitrogen and oxygen atoms in total. The summed E-state index contributed by atoms with van der Waals surface area (Å²) in [6.45, 7) is 2.79. The normalized spacial score (nSPS) is 11.0. The number of nitrogens with zero attached hydrogens (tertiary/aromatic N) is 2. The van der Waals surface area contributed by atoms with Gasteiger partial charge < -0.3 is 24.3 Å². The summed E-state index contributed by atoms with van der Waals surface area (Å²) in [6, 6.07) is 5.16. The first kappa shape index (κ1) is 22.2. The lowest BCUT2D eigenvalue weighted by molar-refractivity contribution is 0.102. The number of anilines is 1.